The molecule has 0 rings (SSSR count). The van der Waals surface area contributed by atoms with Gasteiger partial charge >= 0.3 is 12.4 Å². The molecule has 0 spiro atoms. The Morgan fingerprint density at radius 1 is 1.91 bits per heavy atom. The summed E-state index contributed by atoms with van der Waals surface area (Å²) in [7, 11) is 0. The van der Waals surface area contributed by atoms with Crippen LogP contribution in [0.4, 0.5) is 0 Å². The largest absolute Gasteiger partial charge is 0.595 e. The van der Waals surface area contributed by atoms with E-state index in [1.807, 2.05) is 0 Å². The minimum Gasteiger partial charge on any atom is -0.595 e. The zero-order valence-corrected chi connectivity index (χ0v) is 5.80. The van der Waals surface area contributed by atoms with E-state index >= 15 is 0 Å². The van der Waals surface area contributed by atoms with Gasteiger partial charge in [0.25, 0.3) is 0 Å². The first-order valence-corrected chi connectivity index (χ1v) is 2.68. The molecule has 0 saturated heterocycles. The molecule has 11 heavy (non-hydrogen) atoms. The van der Waals surface area contributed by atoms with Crippen LogP contribution in [0.5, 0.6) is 0 Å². The Morgan fingerprint density at radius 3 is 2.82 bits per heavy atom. The van der Waals surface area contributed by atoms with Crippen LogP contribution in [-0.4, -0.2) is 34.2 Å². The lowest BCUT2D eigenvalue weighted by Crippen LogP contribution is -2.25. The summed E-state index contributed by atoms with van der Waals surface area (Å²) in [5.74, 6) is -0.813. The number of aliphatic hydroxyl groups excluding tert-OH is 2. The van der Waals surface area contributed by atoms with Gasteiger partial charge in [-0.05, 0) is 4.86 Å². The molecule has 0 aliphatic heterocycles. The summed E-state index contributed by atoms with van der Waals surface area (Å²) >= 11 is 0. The number of rotatable bonds is 3. The fourth-order valence-electron chi connectivity index (χ4n) is 0.326. The molecule has 64 valence electrons. The second kappa shape index (κ2) is 4.58. The highest BCUT2D eigenvalue weighted by atomic mass is 16.7. The molecule has 0 aromatic rings. The number of carbonyl (C=O) groups excluding carboxylic acids is 1. The van der Waals surface area contributed by atoms with Gasteiger partial charge in [-0.1, -0.05) is 0 Å². The Balaban J connectivity index is 3.92. The van der Waals surface area contributed by atoms with E-state index in [9.17, 15) is 10.0 Å². The molecule has 7 nitrogen and oxygen atoms in total. The van der Waals surface area contributed by atoms with E-state index in [0.717, 1.165) is 6.92 Å². The molecule has 0 aliphatic rings. The van der Waals surface area contributed by atoms with Crippen molar-refractivity contribution in [3.63, 3.8) is 0 Å². The Kier molecular flexibility index (Phi) is 4.08. The highest BCUT2D eigenvalue weighted by Gasteiger charge is 2.15. The van der Waals surface area contributed by atoms with Gasteiger partial charge in [0, 0.05) is 12.0 Å². The monoisotopic (exact) mass is 164 g/mol. The van der Waals surface area contributed by atoms with Crippen molar-refractivity contribution >= 4 is 5.97 Å². The minimum atomic E-state index is -1.99. The lowest BCUT2D eigenvalue weighted by molar-refractivity contribution is -0.657. The fourth-order valence-corrected chi connectivity index (χ4v) is 0.326. The summed E-state index contributed by atoms with van der Waals surface area (Å²) in [6.45, 7) is 0.248. The van der Waals surface area contributed by atoms with Crippen molar-refractivity contribution in [2.24, 2.45) is 5.11 Å². The van der Waals surface area contributed by atoms with Crippen molar-refractivity contribution in [2.75, 3.05) is 6.73 Å². The van der Waals surface area contributed by atoms with Crippen molar-refractivity contribution in [1.29, 1.82) is 0 Å². The molecular formula is C4H8N2O5. The maximum absolute atomic E-state index is 10.3. The van der Waals surface area contributed by atoms with Gasteiger partial charge in [0.05, 0.1) is 0 Å². The summed E-state index contributed by atoms with van der Waals surface area (Å²) < 4.78 is 3.99. The average Bonchev–Trinajstić information content (AvgIpc) is 1.86. The highest BCUT2D eigenvalue weighted by molar-refractivity contribution is 5.65. The van der Waals surface area contributed by atoms with Crippen molar-refractivity contribution in [3.8, 4) is 0 Å². The van der Waals surface area contributed by atoms with Crippen molar-refractivity contribution < 1.29 is 24.6 Å². The molecular weight excluding hydrogens is 156 g/mol. The lowest BCUT2D eigenvalue weighted by Gasteiger charge is -2.06. The molecule has 0 aliphatic carbocycles. The SMILES string of the molecule is CC(=O)OC(O)/[N+]([O-])=N/CO. The molecule has 0 bridgehead atoms. The molecule has 2 N–H and O–H groups in total. The van der Waals surface area contributed by atoms with E-state index in [1.54, 1.807) is 0 Å². The van der Waals surface area contributed by atoms with Gasteiger partial charge in [0.2, 0.25) is 0 Å². The molecule has 0 saturated carbocycles. The molecule has 0 fully saturated rings. The number of hydrogen-bond donors (Lipinski definition) is 2. The number of nitrogens with zero attached hydrogens (tertiary/aromatic N) is 2. The Morgan fingerprint density at radius 2 is 2.45 bits per heavy atom. The molecule has 0 heterocycles. The molecule has 1 atom stereocenters. The summed E-state index contributed by atoms with van der Waals surface area (Å²) in [4.78, 5) is 9.79. The Bertz CT molecular complexity index is 168. The number of hydroxylamine groups is 1. The second-order valence-electron chi connectivity index (χ2n) is 1.52. The van der Waals surface area contributed by atoms with Gasteiger partial charge in [-0.25, -0.2) is 0 Å². The normalized spacial score (nSPS) is 14.3. The van der Waals surface area contributed by atoms with Gasteiger partial charge in [0.15, 0.2) is 6.73 Å². The number of carbonyl (C=O) groups is 1. The quantitative estimate of drug-likeness (QED) is 0.178. The summed E-state index contributed by atoms with van der Waals surface area (Å²) in [6, 6.07) is 0. The van der Waals surface area contributed by atoms with Crippen LogP contribution in [0.15, 0.2) is 5.11 Å². The maximum atomic E-state index is 10.3. The van der Waals surface area contributed by atoms with Crippen LogP contribution >= 0.6 is 0 Å². The molecule has 0 aromatic carbocycles. The highest BCUT2D eigenvalue weighted by Crippen LogP contribution is 1.89. The number of ether oxygens (including phenoxy) is 1. The molecule has 0 radical (unpaired) electrons. The summed E-state index contributed by atoms with van der Waals surface area (Å²) in [5.41, 5.74) is 0. The molecule has 0 aromatic heterocycles. The zero-order valence-electron chi connectivity index (χ0n) is 5.80. The van der Waals surface area contributed by atoms with Gasteiger partial charge in [-0.15, -0.1) is 0 Å². The van der Waals surface area contributed by atoms with Crippen LogP contribution in [0, 0.1) is 5.21 Å². The zero-order chi connectivity index (χ0) is 8.85. The van der Waals surface area contributed by atoms with Gasteiger partial charge in [-0.3, -0.25) is 9.90 Å². The smallest absolute Gasteiger partial charge is 0.453 e. The first-order valence-electron chi connectivity index (χ1n) is 2.68. The average molecular weight is 164 g/mol. The topological polar surface area (TPSA) is 105 Å². The van der Waals surface area contributed by atoms with Crippen molar-refractivity contribution in [3.05, 3.63) is 5.21 Å². The summed E-state index contributed by atoms with van der Waals surface area (Å²) in [5, 5.41) is 29.8. The van der Waals surface area contributed by atoms with Gasteiger partial charge < -0.3 is 15.1 Å². The van der Waals surface area contributed by atoms with Crippen LogP contribution < -0.4 is 0 Å². The van der Waals surface area contributed by atoms with Crippen LogP contribution in [0.3, 0.4) is 0 Å². The van der Waals surface area contributed by atoms with Crippen LogP contribution in [0.1, 0.15) is 6.92 Å². The van der Waals surface area contributed by atoms with Crippen LogP contribution in [-0.2, 0) is 9.53 Å². The predicted molar refractivity (Wildman–Crippen MR) is 30.9 cm³/mol. The molecule has 1 unspecified atom stereocenters. The third-order valence-electron chi connectivity index (χ3n) is 0.663. The first-order chi connectivity index (χ1) is 5.07. The molecule has 7 heteroatoms. The van der Waals surface area contributed by atoms with E-state index in [2.05, 4.69) is 9.85 Å². The minimum absolute atomic E-state index is 0.318. The standard InChI is InChI=1S/C4H8N2O5/c1-3(8)11-4(9)6(10)5-2-7/h4,7,9H,2H2,1H3/b6-5-. The third kappa shape index (κ3) is 4.23. The lowest BCUT2D eigenvalue weighted by atomic mass is 10.8. The number of aliphatic hydroxyl groups is 2. The molecule has 0 amide bonds. The van der Waals surface area contributed by atoms with Crippen molar-refractivity contribution in [1.82, 2.24) is 0 Å². The Labute approximate surface area is 62.1 Å². The Hall–Kier alpha value is -1.21. The van der Waals surface area contributed by atoms with Crippen LogP contribution in [0.25, 0.3) is 0 Å². The second-order valence-corrected chi connectivity index (χ2v) is 1.52. The number of hydrogen-bond acceptors (Lipinski definition) is 6. The van der Waals surface area contributed by atoms with E-state index in [1.165, 1.54) is 0 Å². The number of esters is 1. The van der Waals surface area contributed by atoms with E-state index < -0.39 is 19.1 Å². The maximum Gasteiger partial charge on any atom is 0.453 e. The summed E-state index contributed by atoms with van der Waals surface area (Å²) in [6.07, 6.45) is -1.99. The van der Waals surface area contributed by atoms with E-state index in [-0.39, 0.29) is 4.86 Å². The van der Waals surface area contributed by atoms with E-state index in [4.69, 9.17) is 10.2 Å². The van der Waals surface area contributed by atoms with Gasteiger partial charge in [-0.2, -0.15) is 0 Å². The predicted octanol–water partition coefficient (Wildman–Crippen LogP) is -1.26. The third-order valence-corrected chi connectivity index (χ3v) is 0.663. The van der Waals surface area contributed by atoms with Gasteiger partial charge in [0.1, 0.15) is 0 Å². The van der Waals surface area contributed by atoms with Crippen molar-refractivity contribution in [2.45, 2.75) is 13.3 Å². The first kappa shape index (κ1) is 9.79. The van der Waals surface area contributed by atoms with E-state index in [0.29, 0.717) is 0 Å². The fraction of sp³-hybridized carbons (Fsp3) is 0.750. The van der Waals surface area contributed by atoms with Crippen LogP contribution in [0.2, 0.25) is 0 Å². The number of azo groups is 1.